The number of rotatable bonds is 6. The number of aliphatic hydroxyl groups excluding tert-OH is 1. The molecule has 152 valence electrons. The van der Waals surface area contributed by atoms with Crippen LogP contribution in [0, 0.1) is 11.8 Å². The van der Waals surface area contributed by atoms with E-state index in [1.807, 2.05) is 29.2 Å². The van der Waals surface area contributed by atoms with Crippen molar-refractivity contribution in [1.82, 2.24) is 4.90 Å². The molecule has 1 aromatic rings. The van der Waals surface area contributed by atoms with Gasteiger partial charge in [-0.05, 0) is 69.1 Å². The molecule has 1 fully saturated rings. The van der Waals surface area contributed by atoms with Crippen molar-refractivity contribution in [2.45, 2.75) is 63.3 Å². The van der Waals surface area contributed by atoms with Gasteiger partial charge in [-0.2, -0.15) is 0 Å². The summed E-state index contributed by atoms with van der Waals surface area (Å²) < 4.78 is 5.55. The minimum Gasteiger partial charge on any atom is -0.374 e. The Hall–Kier alpha value is -1.56. The van der Waals surface area contributed by atoms with Gasteiger partial charge in [-0.25, -0.2) is 0 Å². The SMILES string of the molecule is COC1CCC(O)N1C1=CC[C@@H](C(C)CC(C)=Nc2ccccc2S)CC=C1. The first-order chi connectivity index (χ1) is 13.5. The molecule has 1 aliphatic heterocycles. The van der Waals surface area contributed by atoms with Crippen molar-refractivity contribution in [2.75, 3.05) is 7.11 Å². The van der Waals surface area contributed by atoms with Gasteiger partial charge in [0.15, 0.2) is 0 Å². The van der Waals surface area contributed by atoms with Gasteiger partial charge in [0.1, 0.15) is 12.5 Å². The summed E-state index contributed by atoms with van der Waals surface area (Å²) in [5.74, 6) is 1.09. The predicted octanol–water partition coefficient (Wildman–Crippen LogP) is 5.33. The van der Waals surface area contributed by atoms with Gasteiger partial charge in [-0.1, -0.05) is 31.2 Å². The number of likely N-dealkylation sites (tertiary alicyclic amines) is 1. The van der Waals surface area contributed by atoms with E-state index in [2.05, 4.69) is 44.7 Å². The number of para-hydroxylation sites is 1. The first-order valence-corrected chi connectivity index (χ1v) is 10.6. The van der Waals surface area contributed by atoms with Crippen molar-refractivity contribution >= 4 is 24.0 Å². The van der Waals surface area contributed by atoms with Crippen LogP contribution < -0.4 is 0 Å². The second kappa shape index (κ2) is 9.77. The molecular weight excluding hydrogens is 368 g/mol. The van der Waals surface area contributed by atoms with Gasteiger partial charge in [0.2, 0.25) is 0 Å². The van der Waals surface area contributed by atoms with Crippen molar-refractivity contribution in [3.8, 4) is 0 Å². The summed E-state index contributed by atoms with van der Waals surface area (Å²) >= 11 is 4.49. The molecule has 3 unspecified atom stereocenters. The third kappa shape index (κ3) is 5.07. The van der Waals surface area contributed by atoms with Crippen LogP contribution >= 0.6 is 12.6 Å². The number of nitrogens with zero attached hydrogens (tertiary/aromatic N) is 2. The molecule has 4 atom stereocenters. The Bertz CT molecular complexity index is 759. The molecule has 0 amide bonds. The highest BCUT2D eigenvalue weighted by atomic mass is 32.1. The van der Waals surface area contributed by atoms with Crippen LogP contribution in [-0.4, -0.2) is 35.3 Å². The summed E-state index contributed by atoms with van der Waals surface area (Å²) in [6.07, 6.45) is 10.8. The average molecular weight is 401 g/mol. The van der Waals surface area contributed by atoms with E-state index in [0.717, 1.165) is 54.1 Å². The molecule has 1 heterocycles. The number of benzene rings is 1. The molecule has 4 nitrogen and oxygen atoms in total. The standard InChI is InChI=1S/C23H32N2O2S/c1-16(15-17(2)24-20-9-4-5-10-21(20)28)18-7-6-8-19(12-11-18)25-22(26)13-14-23(25)27-3/h4-6,8-10,12,16,18,22-23,26,28H,7,11,13-15H2,1-3H3/t16?,18-,22?,23?/m0/s1. The fourth-order valence-corrected chi connectivity index (χ4v) is 4.44. The quantitative estimate of drug-likeness (QED) is 0.501. The monoisotopic (exact) mass is 400 g/mol. The van der Waals surface area contributed by atoms with E-state index >= 15 is 0 Å². The molecule has 1 aliphatic carbocycles. The van der Waals surface area contributed by atoms with Crippen LogP contribution in [0.25, 0.3) is 0 Å². The lowest BCUT2D eigenvalue weighted by molar-refractivity contribution is -0.0479. The molecule has 0 saturated carbocycles. The summed E-state index contributed by atoms with van der Waals surface area (Å²) in [4.78, 5) is 7.70. The van der Waals surface area contributed by atoms with Gasteiger partial charge in [0.05, 0.1) is 5.69 Å². The summed E-state index contributed by atoms with van der Waals surface area (Å²) in [6.45, 7) is 4.42. The summed E-state index contributed by atoms with van der Waals surface area (Å²) in [7, 11) is 1.71. The number of allylic oxidation sites excluding steroid dienone is 3. The first kappa shape index (κ1) is 21.2. The van der Waals surface area contributed by atoms with Crippen LogP contribution in [0.2, 0.25) is 0 Å². The van der Waals surface area contributed by atoms with Gasteiger partial charge in [-0.15, -0.1) is 12.6 Å². The number of aliphatic imine (C=N–C) groups is 1. The molecule has 3 rings (SSSR count). The molecule has 5 heteroatoms. The molecule has 28 heavy (non-hydrogen) atoms. The summed E-state index contributed by atoms with van der Waals surface area (Å²) in [5.41, 5.74) is 3.16. The molecule has 0 bridgehead atoms. The third-order valence-electron chi connectivity index (χ3n) is 5.85. The fraction of sp³-hybridized carbons (Fsp3) is 0.522. The van der Waals surface area contributed by atoms with Crippen molar-refractivity contribution in [1.29, 1.82) is 0 Å². The van der Waals surface area contributed by atoms with Crippen LogP contribution in [0.3, 0.4) is 0 Å². The normalized spacial score (nSPS) is 26.9. The van der Waals surface area contributed by atoms with Crippen LogP contribution in [-0.2, 0) is 4.74 Å². The summed E-state index contributed by atoms with van der Waals surface area (Å²) in [6, 6.07) is 7.96. The van der Waals surface area contributed by atoms with E-state index in [0.29, 0.717) is 11.8 Å². The van der Waals surface area contributed by atoms with Crippen LogP contribution in [0.4, 0.5) is 5.69 Å². The molecule has 1 saturated heterocycles. The maximum atomic E-state index is 10.3. The van der Waals surface area contributed by atoms with Gasteiger partial charge < -0.3 is 14.7 Å². The zero-order chi connectivity index (χ0) is 20.1. The van der Waals surface area contributed by atoms with Crippen molar-refractivity contribution in [3.05, 3.63) is 48.2 Å². The minimum absolute atomic E-state index is 0.0319. The number of hydrogen-bond acceptors (Lipinski definition) is 5. The maximum Gasteiger partial charge on any atom is 0.131 e. The van der Waals surface area contributed by atoms with Gasteiger partial charge in [-0.3, -0.25) is 4.99 Å². The van der Waals surface area contributed by atoms with Gasteiger partial charge in [0, 0.05) is 23.4 Å². The molecule has 2 aliphatic rings. The van der Waals surface area contributed by atoms with E-state index in [1.54, 1.807) is 7.11 Å². The van der Waals surface area contributed by atoms with E-state index in [1.165, 1.54) is 0 Å². The lowest BCUT2D eigenvalue weighted by Crippen LogP contribution is -2.35. The van der Waals surface area contributed by atoms with Gasteiger partial charge in [0.25, 0.3) is 0 Å². The lowest BCUT2D eigenvalue weighted by Gasteiger charge is -2.29. The maximum absolute atomic E-state index is 10.3. The Morgan fingerprint density at radius 1 is 1.32 bits per heavy atom. The van der Waals surface area contributed by atoms with E-state index in [-0.39, 0.29) is 6.23 Å². The van der Waals surface area contributed by atoms with Gasteiger partial charge >= 0.3 is 0 Å². The number of ether oxygens (including phenoxy) is 1. The second-order valence-electron chi connectivity index (χ2n) is 7.94. The summed E-state index contributed by atoms with van der Waals surface area (Å²) in [5, 5.41) is 10.3. The zero-order valence-corrected chi connectivity index (χ0v) is 18.0. The average Bonchev–Trinajstić information content (AvgIpc) is 2.88. The Morgan fingerprint density at radius 2 is 2.11 bits per heavy atom. The molecule has 1 N–H and O–H groups in total. The Labute approximate surface area is 174 Å². The highest BCUT2D eigenvalue weighted by Gasteiger charge is 2.33. The molecule has 1 aromatic carbocycles. The highest BCUT2D eigenvalue weighted by Crippen LogP contribution is 2.33. The number of hydrogen-bond donors (Lipinski definition) is 2. The molecule has 0 radical (unpaired) electrons. The Kier molecular flexibility index (Phi) is 7.38. The highest BCUT2D eigenvalue weighted by molar-refractivity contribution is 7.80. The topological polar surface area (TPSA) is 45.1 Å². The van der Waals surface area contributed by atoms with Crippen LogP contribution in [0.5, 0.6) is 0 Å². The first-order valence-electron chi connectivity index (χ1n) is 10.2. The molecule has 0 spiro atoms. The number of thiol groups is 1. The second-order valence-corrected chi connectivity index (χ2v) is 8.42. The predicted molar refractivity (Wildman–Crippen MR) is 118 cm³/mol. The van der Waals surface area contributed by atoms with E-state index in [9.17, 15) is 5.11 Å². The molecule has 0 aromatic heterocycles. The number of methoxy groups -OCH3 is 1. The minimum atomic E-state index is -0.453. The van der Waals surface area contributed by atoms with E-state index in [4.69, 9.17) is 9.73 Å². The number of aliphatic hydroxyl groups is 1. The molecular formula is C23H32N2O2S. The van der Waals surface area contributed by atoms with Crippen LogP contribution in [0.1, 0.15) is 46.0 Å². The largest absolute Gasteiger partial charge is 0.374 e. The third-order valence-corrected chi connectivity index (χ3v) is 6.22. The van der Waals surface area contributed by atoms with Crippen LogP contribution in [0.15, 0.2) is 58.1 Å². The van der Waals surface area contributed by atoms with Crippen molar-refractivity contribution in [2.24, 2.45) is 16.8 Å². The van der Waals surface area contributed by atoms with Crippen molar-refractivity contribution in [3.63, 3.8) is 0 Å². The zero-order valence-electron chi connectivity index (χ0n) is 17.1. The fourth-order valence-electron chi connectivity index (χ4n) is 4.23. The Balaban J connectivity index is 1.64. The smallest absolute Gasteiger partial charge is 0.131 e. The Morgan fingerprint density at radius 3 is 2.86 bits per heavy atom. The lowest BCUT2D eigenvalue weighted by atomic mass is 9.85. The van der Waals surface area contributed by atoms with Crippen molar-refractivity contribution < 1.29 is 9.84 Å². The van der Waals surface area contributed by atoms with E-state index < -0.39 is 6.23 Å².